The number of carbonyl (C=O) groups is 1. The average Bonchev–Trinajstić information content (AvgIpc) is 2.71. The summed E-state index contributed by atoms with van der Waals surface area (Å²) in [4.78, 5) is 10.2. The summed E-state index contributed by atoms with van der Waals surface area (Å²) in [6.45, 7) is -0.213. The van der Waals surface area contributed by atoms with E-state index in [9.17, 15) is 18.0 Å². The monoisotopic (exact) mass is 246 g/mol. The first-order valence-corrected chi connectivity index (χ1v) is 4.95. The quantitative estimate of drug-likeness (QED) is 0.769. The minimum Gasteiger partial charge on any atom is -0.454 e. The third-order valence-corrected chi connectivity index (χ3v) is 2.39. The van der Waals surface area contributed by atoms with Gasteiger partial charge in [0.25, 0.3) is 0 Å². The van der Waals surface area contributed by atoms with Crippen molar-refractivity contribution < 1.29 is 27.4 Å². The Morgan fingerprint density at radius 2 is 2.06 bits per heavy atom. The van der Waals surface area contributed by atoms with E-state index in [2.05, 4.69) is 0 Å². The van der Waals surface area contributed by atoms with Crippen molar-refractivity contribution in [3.63, 3.8) is 0 Å². The Bertz CT molecular complexity index is 440. The molecule has 92 valence electrons. The molecule has 3 nitrogen and oxygen atoms in total. The number of halogens is 3. The van der Waals surface area contributed by atoms with Crippen LogP contribution in [-0.4, -0.2) is 13.1 Å². The molecule has 1 aliphatic rings. The van der Waals surface area contributed by atoms with Crippen molar-refractivity contribution in [1.29, 1.82) is 0 Å². The zero-order valence-corrected chi connectivity index (χ0v) is 8.71. The van der Waals surface area contributed by atoms with Crippen molar-refractivity contribution in [2.24, 2.45) is 0 Å². The Labute approximate surface area is 95.1 Å². The summed E-state index contributed by atoms with van der Waals surface area (Å²) in [6.07, 6.45) is -3.40. The Morgan fingerprint density at radius 3 is 2.71 bits per heavy atom. The van der Waals surface area contributed by atoms with E-state index in [-0.39, 0.29) is 31.1 Å². The maximum atomic E-state index is 12.7. The third-order valence-electron chi connectivity index (χ3n) is 2.39. The lowest BCUT2D eigenvalue weighted by Crippen LogP contribution is -2.07. The van der Waals surface area contributed by atoms with Gasteiger partial charge in [0.15, 0.2) is 11.5 Å². The molecular formula is C11H9F3O3. The van der Waals surface area contributed by atoms with E-state index < -0.39 is 11.7 Å². The van der Waals surface area contributed by atoms with Crippen molar-refractivity contribution >= 4 is 6.29 Å². The highest BCUT2D eigenvalue weighted by atomic mass is 19.4. The van der Waals surface area contributed by atoms with Gasteiger partial charge >= 0.3 is 6.18 Å². The van der Waals surface area contributed by atoms with Crippen LogP contribution in [0.15, 0.2) is 12.1 Å². The number of hydrogen-bond acceptors (Lipinski definition) is 3. The molecule has 0 amide bonds. The van der Waals surface area contributed by atoms with Crippen LogP contribution in [0, 0.1) is 0 Å². The standard InChI is InChI=1S/C11H9F3O3/c12-11(13,14)8-4-7(2-1-3-15)5-9-10(8)17-6-16-9/h3-5H,1-2,6H2. The van der Waals surface area contributed by atoms with Crippen LogP contribution in [0.1, 0.15) is 17.5 Å². The Balaban J connectivity index is 2.42. The topological polar surface area (TPSA) is 35.5 Å². The molecule has 0 spiro atoms. The van der Waals surface area contributed by atoms with Crippen LogP contribution in [0.2, 0.25) is 0 Å². The first-order valence-electron chi connectivity index (χ1n) is 4.95. The molecule has 0 N–H and O–H groups in total. The first kappa shape index (κ1) is 11.8. The van der Waals surface area contributed by atoms with Gasteiger partial charge in [0.1, 0.15) is 11.8 Å². The van der Waals surface area contributed by atoms with Crippen molar-refractivity contribution in [2.45, 2.75) is 19.0 Å². The summed E-state index contributed by atoms with van der Waals surface area (Å²) in [6, 6.07) is 2.47. The molecule has 0 fully saturated rings. The van der Waals surface area contributed by atoms with Crippen LogP contribution in [0.5, 0.6) is 11.5 Å². The Hall–Kier alpha value is -1.72. The zero-order chi connectivity index (χ0) is 12.5. The molecule has 0 saturated heterocycles. The molecular weight excluding hydrogens is 237 g/mol. The molecule has 0 aliphatic carbocycles. The van der Waals surface area contributed by atoms with E-state index in [0.717, 1.165) is 6.07 Å². The molecule has 1 aromatic rings. The van der Waals surface area contributed by atoms with E-state index in [4.69, 9.17) is 9.47 Å². The van der Waals surface area contributed by atoms with E-state index in [1.165, 1.54) is 6.07 Å². The second-order valence-electron chi connectivity index (χ2n) is 3.58. The summed E-state index contributed by atoms with van der Waals surface area (Å²) >= 11 is 0. The fraction of sp³-hybridized carbons (Fsp3) is 0.364. The maximum absolute atomic E-state index is 12.7. The van der Waals surface area contributed by atoms with Crippen molar-refractivity contribution in [3.05, 3.63) is 23.3 Å². The second kappa shape index (κ2) is 4.27. The fourth-order valence-electron chi connectivity index (χ4n) is 1.65. The molecule has 0 bridgehead atoms. The lowest BCUT2D eigenvalue weighted by Gasteiger charge is -2.11. The number of fused-ring (bicyclic) bond motifs is 1. The van der Waals surface area contributed by atoms with Gasteiger partial charge in [0.2, 0.25) is 6.79 Å². The minimum absolute atomic E-state index is 0.0840. The molecule has 0 saturated carbocycles. The molecule has 17 heavy (non-hydrogen) atoms. The van der Waals surface area contributed by atoms with Crippen LogP contribution in [0.4, 0.5) is 13.2 Å². The largest absolute Gasteiger partial charge is 0.454 e. The molecule has 1 aromatic carbocycles. The van der Waals surface area contributed by atoms with Gasteiger partial charge in [-0.2, -0.15) is 13.2 Å². The number of carbonyl (C=O) groups excluding carboxylic acids is 1. The summed E-state index contributed by atoms with van der Waals surface area (Å²) in [5.74, 6) is -0.187. The number of rotatable bonds is 3. The maximum Gasteiger partial charge on any atom is 0.420 e. The lowest BCUT2D eigenvalue weighted by molar-refractivity contribution is -0.138. The molecule has 6 heteroatoms. The minimum atomic E-state index is -4.49. The molecule has 0 aromatic heterocycles. The summed E-state index contributed by atoms with van der Waals surface area (Å²) in [7, 11) is 0. The van der Waals surface area contributed by atoms with Gasteiger partial charge in [-0.05, 0) is 24.1 Å². The third kappa shape index (κ3) is 2.35. The van der Waals surface area contributed by atoms with E-state index >= 15 is 0 Å². The van der Waals surface area contributed by atoms with Gasteiger partial charge < -0.3 is 14.3 Å². The van der Waals surface area contributed by atoms with Crippen LogP contribution < -0.4 is 9.47 Å². The molecule has 0 unspecified atom stereocenters. The number of benzene rings is 1. The van der Waals surface area contributed by atoms with E-state index in [1.807, 2.05) is 0 Å². The summed E-state index contributed by atoms with van der Waals surface area (Å²) in [5.41, 5.74) is -0.443. The zero-order valence-electron chi connectivity index (χ0n) is 8.71. The number of aryl methyl sites for hydroxylation is 1. The number of aldehydes is 1. The molecule has 2 rings (SSSR count). The van der Waals surface area contributed by atoms with E-state index in [0.29, 0.717) is 11.8 Å². The highest BCUT2D eigenvalue weighted by Crippen LogP contribution is 2.44. The van der Waals surface area contributed by atoms with Gasteiger partial charge in [-0.1, -0.05) is 0 Å². The average molecular weight is 246 g/mol. The molecule has 1 aliphatic heterocycles. The predicted octanol–water partition coefficient (Wildman–Crippen LogP) is 2.57. The predicted molar refractivity (Wildman–Crippen MR) is 52.0 cm³/mol. The Morgan fingerprint density at radius 1 is 1.29 bits per heavy atom. The summed E-state index contributed by atoms with van der Waals surface area (Å²) < 4.78 is 48.0. The normalized spacial score (nSPS) is 13.8. The second-order valence-corrected chi connectivity index (χ2v) is 3.58. The van der Waals surface area contributed by atoms with Gasteiger partial charge in [-0.15, -0.1) is 0 Å². The van der Waals surface area contributed by atoms with E-state index in [1.54, 1.807) is 0 Å². The van der Waals surface area contributed by atoms with Crippen LogP contribution in [0.3, 0.4) is 0 Å². The summed E-state index contributed by atoms with van der Waals surface area (Å²) in [5, 5.41) is 0. The fourth-order valence-corrected chi connectivity index (χ4v) is 1.65. The van der Waals surface area contributed by atoms with Crippen LogP contribution in [0.25, 0.3) is 0 Å². The van der Waals surface area contributed by atoms with Gasteiger partial charge in [0, 0.05) is 6.42 Å². The lowest BCUT2D eigenvalue weighted by atomic mass is 10.0. The van der Waals surface area contributed by atoms with Crippen molar-refractivity contribution in [2.75, 3.05) is 6.79 Å². The number of alkyl halides is 3. The first-order chi connectivity index (χ1) is 8.02. The smallest absolute Gasteiger partial charge is 0.420 e. The van der Waals surface area contributed by atoms with Gasteiger partial charge in [0.05, 0.1) is 0 Å². The SMILES string of the molecule is O=CCCc1cc2c(c(C(F)(F)F)c1)OCO2. The van der Waals surface area contributed by atoms with Gasteiger partial charge in [-0.25, -0.2) is 0 Å². The van der Waals surface area contributed by atoms with Crippen molar-refractivity contribution in [3.8, 4) is 11.5 Å². The highest BCUT2D eigenvalue weighted by Gasteiger charge is 2.38. The molecule has 0 atom stereocenters. The van der Waals surface area contributed by atoms with Crippen molar-refractivity contribution in [1.82, 2.24) is 0 Å². The van der Waals surface area contributed by atoms with Gasteiger partial charge in [-0.3, -0.25) is 0 Å². The number of hydrogen-bond donors (Lipinski definition) is 0. The van der Waals surface area contributed by atoms with Crippen LogP contribution in [-0.2, 0) is 17.4 Å². The molecule has 0 radical (unpaired) electrons. The van der Waals surface area contributed by atoms with Crippen LogP contribution >= 0.6 is 0 Å². The highest BCUT2D eigenvalue weighted by molar-refractivity contribution is 5.54. The number of ether oxygens (including phenoxy) is 2. The molecule has 1 heterocycles. The Kier molecular flexibility index (Phi) is 2.95.